The van der Waals surface area contributed by atoms with E-state index in [1.165, 1.54) is 16.7 Å². The van der Waals surface area contributed by atoms with Crippen LogP contribution in [0.15, 0.2) is 48.5 Å². The topological polar surface area (TPSA) is 32.7 Å². The molecule has 2 unspecified atom stereocenters. The molecule has 1 N–H and O–H groups in total. The second kappa shape index (κ2) is 7.16. The Morgan fingerprint density at radius 3 is 2.70 bits per heavy atom. The molecule has 2 aromatic carbocycles. The third-order valence-corrected chi connectivity index (χ3v) is 4.60. The van der Waals surface area contributed by atoms with E-state index in [1.54, 1.807) is 0 Å². The fourth-order valence-corrected chi connectivity index (χ4v) is 3.33. The van der Waals surface area contributed by atoms with Gasteiger partial charge in [-0.1, -0.05) is 42.0 Å². The number of ether oxygens (including phenoxy) is 1. The molecule has 3 heteroatoms. The molecule has 0 fully saturated rings. The Labute approximate surface area is 138 Å². The monoisotopic (exact) mass is 311 g/mol. The number of hydrogen-bond acceptors (Lipinski definition) is 3. The summed E-state index contributed by atoms with van der Waals surface area (Å²) in [5.41, 5.74) is 4.05. The molecule has 23 heavy (non-hydrogen) atoms. The molecular weight excluding hydrogens is 286 g/mol. The number of hydrogen-bond donors (Lipinski definition) is 1. The van der Waals surface area contributed by atoms with Crippen molar-refractivity contribution in [3.05, 3.63) is 65.2 Å². The van der Waals surface area contributed by atoms with Crippen LogP contribution < -0.4 is 4.74 Å². The summed E-state index contributed by atoms with van der Waals surface area (Å²) in [6.07, 6.45) is 1.76. The first-order valence-electron chi connectivity index (χ1n) is 8.29. The average Bonchev–Trinajstić information content (AvgIpc) is 2.98. The van der Waals surface area contributed by atoms with Crippen LogP contribution in [0.25, 0.3) is 0 Å². The van der Waals surface area contributed by atoms with Crippen molar-refractivity contribution < 1.29 is 9.84 Å². The van der Waals surface area contributed by atoms with E-state index in [1.807, 2.05) is 31.2 Å². The van der Waals surface area contributed by atoms with E-state index < -0.39 is 6.10 Å². The molecule has 0 saturated carbocycles. The van der Waals surface area contributed by atoms with Gasteiger partial charge in [-0.25, -0.2) is 0 Å². The Morgan fingerprint density at radius 1 is 1.17 bits per heavy atom. The van der Waals surface area contributed by atoms with Crippen molar-refractivity contribution in [2.24, 2.45) is 0 Å². The minimum atomic E-state index is -0.492. The first kappa shape index (κ1) is 16.0. The normalized spacial score (nSPS) is 18.0. The van der Waals surface area contributed by atoms with Crippen molar-refractivity contribution in [1.29, 1.82) is 0 Å². The summed E-state index contributed by atoms with van der Waals surface area (Å²) in [6, 6.07) is 16.9. The summed E-state index contributed by atoms with van der Waals surface area (Å²) in [6.45, 7) is 2.99. The quantitative estimate of drug-likeness (QED) is 0.888. The summed E-state index contributed by atoms with van der Waals surface area (Å²) in [7, 11) is 2.09. The molecule has 1 aliphatic carbocycles. The van der Waals surface area contributed by atoms with Gasteiger partial charge >= 0.3 is 0 Å². The zero-order valence-corrected chi connectivity index (χ0v) is 13.9. The predicted molar refractivity (Wildman–Crippen MR) is 92.8 cm³/mol. The summed E-state index contributed by atoms with van der Waals surface area (Å²) < 4.78 is 5.68. The van der Waals surface area contributed by atoms with Gasteiger partial charge in [-0.2, -0.15) is 0 Å². The van der Waals surface area contributed by atoms with Crippen LogP contribution in [0.4, 0.5) is 0 Å². The van der Waals surface area contributed by atoms with Crippen LogP contribution in [0.3, 0.4) is 0 Å². The highest BCUT2D eigenvalue weighted by Gasteiger charge is 2.26. The van der Waals surface area contributed by atoms with E-state index in [2.05, 4.69) is 36.2 Å². The average molecular weight is 311 g/mol. The molecule has 0 spiro atoms. The van der Waals surface area contributed by atoms with Crippen molar-refractivity contribution >= 4 is 0 Å². The van der Waals surface area contributed by atoms with Gasteiger partial charge in [-0.3, -0.25) is 4.90 Å². The van der Waals surface area contributed by atoms with E-state index in [4.69, 9.17) is 4.74 Å². The van der Waals surface area contributed by atoms with Crippen molar-refractivity contribution in [3.8, 4) is 5.75 Å². The van der Waals surface area contributed by atoms with Crippen LogP contribution >= 0.6 is 0 Å². The second-order valence-corrected chi connectivity index (χ2v) is 6.47. The number of aliphatic hydroxyl groups excluding tert-OH is 1. The zero-order valence-electron chi connectivity index (χ0n) is 13.9. The molecule has 0 amide bonds. The van der Waals surface area contributed by atoms with Crippen LogP contribution in [-0.2, 0) is 6.42 Å². The van der Waals surface area contributed by atoms with Gasteiger partial charge in [-0.15, -0.1) is 0 Å². The molecule has 0 aliphatic heterocycles. The number of nitrogens with zero attached hydrogens (tertiary/aromatic N) is 1. The fourth-order valence-electron chi connectivity index (χ4n) is 3.33. The molecule has 0 heterocycles. The highest BCUT2D eigenvalue weighted by atomic mass is 16.5. The Hall–Kier alpha value is -1.84. The zero-order chi connectivity index (χ0) is 16.2. The Bertz CT molecular complexity index is 638. The van der Waals surface area contributed by atoms with Crippen molar-refractivity contribution in [2.75, 3.05) is 20.2 Å². The molecule has 3 nitrogen and oxygen atoms in total. The first-order chi connectivity index (χ1) is 11.1. The minimum Gasteiger partial charge on any atom is -0.491 e. The lowest BCUT2D eigenvalue weighted by Crippen LogP contribution is -2.35. The minimum absolute atomic E-state index is 0.321. The summed E-state index contributed by atoms with van der Waals surface area (Å²) in [5.74, 6) is 0.809. The summed E-state index contributed by atoms with van der Waals surface area (Å²) in [5, 5.41) is 10.3. The Kier molecular flexibility index (Phi) is 4.99. The molecule has 1 aliphatic rings. The van der Waals surface area contributed by atoms with Crippen LogP contribution in [0.1, 0.15) is 29.2 Å². The Morgan fingerprint density at radius 2 is 1.91 bits per heavy atom. The van der Waals surface area contributed by atoms with Gasteiger partial charge in [0.15, 0.2) is 0 Å². The molecule has 3 rings (SSSR count). The largest absolute Gasteiger partial charge is 0.491 e. The van der Waals surface area contributed by atoms with E-state index in [-0.39, 0.29) is 0 Å². The molecule has 0 aromatic heterocycles. The van der Waals surface area contributed by atoms with Crippen LogP contribution in [-0.4, -0.2) is 36.3 Å². The smallest absolute Gasteiger partial charge is 0.119 e. The van der Waals surface area contributed by atoms with Crippen molar-refractivity contribution in [3.63, 3.8) is 0 Å². The molecule has 122 valence electrons. The summed E-state index contributed by atoms with van der Waals surface area (Å²) >= 11 is 0. The highest BCUT2D eigenvalue weighted by Crippen LogP contribution is 2.34. The Balaban J connectivity index is 1.52. The number of rotatable bonds is 6. The third-order valence-electron chi connectivity index (χ3n) is 4.60. The van der Waals surface area contributed by atoms with E-state index in [0.717, 1.165) is 18.6 Å². The van der Waals surface area contributed by atoms with Gasteiger partial charge in [0.05, 0.1) is 0 Å². The van der Waals surface area contributed by atoms with Gasteiger partial charge < -0.3 is 9.84 Å². The second-order valence-electron chi connectivity index (χ2n) is 6.47. The van der Waals surface area contributed by atoms with E-state index in [9.17, 15) is 5.11 Å². The molecule has 2 atom stereocenters. The number of aryl methyl sites for hydroxylation is 2. The SMILES string of the molecule is Cc1ccc(OCC(O)CN(C)C2CCc3ccccc32)cc1. The number of aliphatic hydroxyl groups is 1. The van der Waals surface area contributed by atoms with Crippen molar-refractivity contribution in [1.82, 2.24) is 4.90 Å². The van der Waals surface area contributed by atoms with E-state index in [0.29, 0.717) is 19.2 Å². The highest BCUT2D eigenvalue weighted by molar-refractivity contribution is 5.34. The molecule has 0 bridgehead atoms. The molecule has 0 saturated heterocycles. The lowest BCUT2D eigenvalue weighted by Gasteiger charge is -2.27. The number of likely N-dealkylation sites (N-methyl/N-ethyl adjacent to an activating group) is 1. The maximum Gasteiger partial charge on any atom is 0.119 e. The van der Waals surface area contributed by atoms with Crippen LogP contribution in [0.2, 0.25) is 0 Å². The van der Waals surface area contributed by atoms with Gasteiger partial charge in [0, 0.05) is 12.6 Å². The fraction of sp³-hybridized carbons (Fsp3) is 0.400. The van der Waals surface area contributed by atoms with Crippen molar-refractivity contribution in [2.45, 2.75) is 31.9 Å². The van der Waals surface area contributed by atoms with Gasteiger partial charge in [0.1, 0.15) is 18.5 Å². The van der Waals surface area contributed by atoms with E-state index >= 15 is 0 Å². The number of fused-ring (bicyclic) bond motifs is 1. The molecule has 0 radical (unpaired) electrons. The molecular formula is C20H25NO2. The lowest BCUT2D eigenvalue weighted by atomic mass is 10.1. The number of benzene rings is 2. The first-order valence-corrected chi connectivity index (χ1v) is 8.29. The van der Waals surface area contributed by atoms with Gasteiger partial charge in [0.2, 0.25) is 0 Å². The predicted octanol–water partition coefficient (Wildman–Crippen LogP) is 3.35. The van der Waals surface area contributed by atoms with Gasteiger partial charge in [0.25, 0.3) is 0 Å². The maximum absolute atomic E-state index is 10.3. The molecule has 2 aromatic rings. The van der Waals surface area contributed by atoms with Gasteiger partial charge in [-0.05, 0) is 50.1 Å². The van der Waals surface area contributed by atoms with Crippen LogP contribution in [0, 0.1) is 6.92 Å². The standard InChI is InChI=1S/C20H25NO2/c1-15-7-10-18(11-8-15)23-14-17(22)13-21(2)20-12-9-16-5-3-4-6-19(16)20/h3-8,10-11,17,20,22H,9,12-14H2,1-2H3. The third kappa shape index (κ3) is 3.92. The maximum atomic E-state index is 10.3. The summed E-state index contributed by atoms with van der Waals surface area (Å²) in [4.78, 5) is 2.25. The lowest BCUT2D eigenvalue weighted by molar-refractivity contribution is 0.0629. The van der Waals surface area contributed by atoms with Crippen LogP contribution in [0.5, 0.6) is 5.75 Å².